The molecular formula is C14H24N2O3S. The predicted molar refractivity (Wildman–Crippen MR) is 77.7 cm³/mol. The van der Waals surface area contributed by atoms with E-state index in [4.69, 9.17) is 0 Å². The van der Waals surface area contributed by atoms with Gasteiger partial charge in [0.15, 0.2) is 0 Å². The van der Waals surface area contributed by atoms with Crippen LogP contribution in [0.5, 0.6) is 0 Å². The molecule has 5 nitrogen and oxygen atoms in total. The summed E-state index contributed by atoms with van der Waals surface area (Å²) in [5.74, 6) is 0.638. The molecule has 1 aromatic rings. The van der Waals surface area contributed by atoms with E-state index in [1.165, 1.54) is 0 Å². The van der Waals surface area contributed by atoms with Crippen LogP contribution in [0.3, 0.4) is 0 Å². The van der Waals surface area contributed by atoms with Gasteiger partial charge in [-0.15, -0.1) is 0 Å². The summed E-state index contributed by atoms with van der Waals surface area (Å²) in [6.07, 6.45) is 5.68. The zero-order valence-electron chi connectivity index (χ0n) is 12.2. The zero-order valence-corrected chi connectivity index (χ0v) is 13.1. The number of hydrogen-bond acceptors (Lipinski definition) is 3. The molecule has 114 valence electrons. The number of rotatable bonds is 4. The molecule has 2 heterocycles. The molecule has 1 aromatic heterocycles. The van der Waals surface area contributed by atoms with Gasteiger partial charge in [0.25, 0.3) is 0 Å². The fraction of sp³-hybridized carbons (Fsp3) is 0.714. The summed E-state index contributed by atoms with van der Waals surface area (Å²) >= 11 is 0. The Morgan fingerprint density at radius 2 is 2.10 bits per heavy atom. The van der Waals surface area contributed by atoms with Gasteiger partial charge in [0.1, 0.15) is 4.90 Å². The van der Waals surface area contributed by atoms with Gasteiger partial charge in [-0.1, -0.05) is 13.3 Å². The molecule has 0 aromatic carbocycles. The van der Waals surface area contributed by atoms with Gasteiger partial charge in [0.05, 0.1) is 6.61 Å². The van der Waals surface area contributed by atoms with Gasteiger partial charge in [-0.3, -0.25) is 0 Å². The third-order valence-electron chi connectivity index (χ3n) is 4.27. The lowest BCUT2D eigenvalue weighted by molar-refractivity contribution is 0.272. The molecule has 1 saturated heterocycles. The molecular weight excluding hydrogens is 276 g/mol. The maximum absolute atomic E-state index is 12.6. The van der Waals surface area contributed by atoms with E-state index in [0.29, 0.717) is 29.6 Å². The first-order valence-corrected chi connectivity index (χ1v) is 8.69. The first kappa shape index (κ1) is 15.5. The van der Waals surface area contributed by atoms with Crippen molar-refractivity contribution in [2.45, 2.75) is 44.1 Å². The van der Waals surface area contributed by atoms with E-state index < -0.39 is 10.0 Å². The molecule has 1 aliphatic rings. The van der Waals surface area contributed by atoms with E-state index >= 15 is 0 Å². The quantitative estimate of drug-likeness (QED) is 0.921. The Balaban J connectivity index is 2.21. The summed E-state index contributed by atoms with van der Waals surface area (Å²) in [7, 11) is -1.68. The van der Waals surface area contributed by atoms with Gasteiger partial charge in [-0.25, -0.2) is 8.42 Å². The normalized spacial score (nSPS) is 21.9. The molecule has 2 rings (SSSR count). The molecule has 1 atom stereocenters. The Morgan fingerprint density at radius 1 is 1.35 bits per heavy atom. The van der Waals surface area contributed by atoms with Crippen molar-refractivity contribution < 1.29 is 13.5 Å². The topological polar surface area (TPSA) is 62.5 Å². The fourth-order valence-corrected chi connectivity index (χ4v) is 4.40. The molecule has 1 fully saturated rings. The lowest BCUT2D eigenvalue weighted by atomic mass is 9.98. The van der Waals surface area contributed by atoms with Crippen LogP contribution < -0.4 is 0 Å². The second-order valence-electron chi connectivity index (χ2n) is 5.55. The number of sulfonamides is 1. The minimum absolute atomic E-state index is 0.149. The van der Waals surface area contributed by atoms with Gasteiger partial charge in [-0.2, -0.15) is 4.31 Å². The van der Waals surface area contributed by atoms with Crippen molar-refractivity contribution in [1.29, 1.82) is 0 Å². The van der Waals surface area contributed by atoms with E-state index in [9.17, 15) is 13.5 Å². The van der Waals surface area contributed by atoms with E-state index in [1.54, 1.807) is 28.2 Å². The van der Waals surface area contributed by atoms with Crippen molar-refractivity contribution in [1.82, 2.24) is 8.87 Å². The number of aliphatic hydroxyl groups is 1. The van der Waals surface area contributed by atoms with Crippen molar-refractivity contribution in [2.75, 3.05) is 13.1 Å². The standard InChI is InChI=1S/C14H24N2O3S/c1-3-12-5-4-7-16(8-6-12)20(18,19)14-9-13(11-17)15(2)10-14/h9-10,12,17H,3-8,11H2,1-2H3. The van der Waals surface area contributed by atoms with Crippen molar-refractivity contribution in [3.8, 4) is 0 Å². The number of aryl methyl sites for hydroxylation is 1. The second kappa shape index (κ2) is 6.28. The molecule has 1 N–H and O–H groups in total. The van der Waals surface area contributed by atoms with Crippen LogP contribution >= 0.6 is 0 Å². The smallest absolute Gasteiger partial charge is 0.244 e. The Morgan fingerprint density at radius 3 is 2.70 bits per heavy atom. The second-order valence-corrected chi connectivity index (χ2v) is 7.48. The lowest BCUT2D eigenvalue weighted by Crippen LogP contribution is -2.31. The van der Waals surface area contributed by atoms with E-state index in [1.807, 2.05) is 0 Å². The van der Waals surface area contributed by atoms with Crippen molar-refractivity contribution in [3.63, 3.8) is 0 Å². The van der Waals surface area contributed by atoms with Gasteiger partial charge >= 0.3 is 0 Å². The van der Waals surface area contributed by atoms with Gasteiger partial charge in [0, 0.05) is 32.0 Å². The SMILES string of the molecule is CCC1CCCN(S(=O)(=O)c2cc(CO)n(C)c2)CC1. The summed E-state index contributed by atoms with van der Waals surface area (Å²) in [6, 6.07) is 1.57. The highest BCUT2D eigenvalue weighted by Crippen LogP contribution is 2.25. The third-order valence-corrected chi connectivity index (χ3v) is 6.13. The van der Waals surface area contributed by atoms with E-state index in [2.05, 4.69) is 6.92 Å². The van der Waals surface area contributed by atoms with Gasteiger partial charge in [0.2, 0.25) is 10.0 Å². The highest BCUT2D eigenvalue weighted by Gasteiger charge is 2.28. The largest absolute Gasteiger partial charge is 0.390 e. The Hall–Kier alpha value is -0.850. The maximum atomic E-state index is 12.6. The molecule has 20 heavy (non-hydrogen) atoms. The van der Waals surface area contributed by atoms with Crippen molar-refractivity contribution in [2.24, 2.45) is 13.0 Å². The van der Waals surface area contributed by atoms with Crippen LogP contribution in [0, 0.1) is 5.92 Å². The molecule has 0 aliphatic carbocycles. The Labute approximate surface area is 121 Å². The summed E-state index contributed by atoms with van der Waals surface area (Å²) in [5, 5.41) is 9.19. The highest BCUT2D eigenvalue weighted by atomic mass is 32.2. The molecule has 1 unspecified atom stereocenters. The highest BCUT2D eigenvalue weighted by molar-refractivity contribution is 7.89. The van der Waals surface area contributed by atoms with Crippen LogP contribution in [0.25, 0.3) is 0 Å². The van der Waals surface area contributed by atoms with Crippen LogP contribution in [-0.4, -0.2) is 35.5 Å². The zero-order chi connectivity index (χ0) is 14.8. The molecule has 6 heteroatoms. The molecule has 0 bridgehead atoms. The van der Waals surface area contributed by atoms with Crippen molar-refractivity contribution in [3.05, 3.63) is 18.0 Å². The summed E-state index contributed by atoms with van der Waals surface area (Å²) < 4.78 is 28.6. The molecule has 0 saturated carbocycles. The summed E-state index contributed by atoms with van der Waals surface area (Å²) in [6.45, 7) is 3.22. The van der Waals surface area contributed by atoms with Crippen LogP contribution in [0.1, 0.15) is 38.3 Å². The Bertz CT molecular complexity index is 551. The minimum atomic E-state index is -3.43. The molecule has 1 aliphatic heterocycles. The first-order chi connectivity index (χ1) is 9.48. The minimum Gasteiger partial charge on any atom is -0.390 e. The molecule has 0 spiro atoms. The lowest BCUT2D eigenvalue weighted by Gasteiger charge is -2.19. The van der Waals surface area contributed by atoms with E-state index in [0.717, 1.165) is 25.7 Å². The molecule has 0 amide bonds. The summed E-state index contributed by atoms with van der Waals surface area (Å²) in [4.78, 5) is 0.291. The fourth-order valence-electron chi connectivity index (χ4n) is 2.81. The van der Waals surface area contributed by atoms with Crippen LogP contribution in [0.15, 0.2) is 17.2 Å². The van der Waals surface area contributed by atoms with Crippen LogP contribution in [-0.2, 0) is 23.7 Å². The maximum Gasteiger partial charge on any atom is 0.244 e. The third kappa shape index (κ3) is 3.07. The van der Waals surface area contributed by atoms with Gasteiger partial charge in [-0.05, 0) is 31.2 Å². The summed E-state index contributed by atoms with van der Waals surface area (Å²) in [5.41, 5.74) is 0.616. The molecule has 0 radical (unpaired) electrons. The first-order valence-electron chi connectivity index (χ1n) is 7.25. The van der Waals surface area contributed by atoms with E-state index in [-0.39, 0.29) is 6.61 Å². The Kier molecular flexibility index (Phi) is 4.88. The number of aromatic nitrogens is 1. The van der Waals surface area contributed by atoms with Gasteiger partial charge < -0.3 is 9.67 Å². The number of nitrogens with zero attached hydrogens (tertiary/aromatic N) is 2. The monoisotopic (exact) mass is 300 g/mol. The van der Waals surface area contributed by atoms with Crippen molar-refractivity contribution >= 4 is 10.0 Å². The van der Waals surface area contributed by atoms with Crippen LogP contribution in [0.2, 0.25) is 0 Å². The average molecular weight is 300 g/mol. The number of aliphatic hydroxyl groups excluding tert-OH is 1. The number of hydrogen-bond donors (Lipinski definition) is 1. The average Bonchev–Trinajstić information content (AvgIpc) is 2.66. The predicted octanol–water partition coefficient (Wildman–Crippen LogP) is 1.72. The van der Waals surface area contributed by atoms with Crippen LogP contribution in [0.4, 0.5) is 0 Å².